The van der Waals surface area contributed by atoms with Gasteiger partial charge in [0.05, 0.1) is 24.1 Å². The van der Waals surface area contributed by atoms with Crippen LogP contribution in [0.5, 0.6) is 5.75 Å². The van der Waals surface area contributed by atoms with Crippen molar-refractivity contribution in [2.24, 2.45) is 0 Å². The Hall–Kier alpha value is -3.57. The van der Waals surface area contributed by atoms with Crippen LogP contribution in [-0.4, -0.2) is 13.0 Å². The number of hydrogen-bond acceptors (Lipinski definition) is 4. The van der Waals surface area contributed by atoms with E-state index < -0.39 is 6.04 Å². The van der Waals surface area contributed by atoms with Crippen molar-refractivity contribution < 1.29 is 13.9 Å². The lowest BCUT2D eigenvalue weighted by Crippen LogP contribution is -2.29. The quantitative estimate of drug-likeness (QED) is 0.398. The number of aryl methyl sites for hydroxylation is 2. The van der Waals surface area contributed by atoms with Gasteiger partial charge in [-0.2, -0.15) is 0 Å². The molecule has 0 spiro atoms. The van der Waals surface area contributed by atoms with Gasteiger partial charge in [0.1, 0.15) is 11.3 Å². The van der Waals surface area contributed by atoms with Crippen LogP contribution >= 0.6 is 11.6 Å². The third-order valence-corrected chi connectivity index (χ3v) is 6.27. The maximum absolute atomic E-state index is 13.7. The van der Waals surface area contributed by atoms with Crippen LogP contribution in [0.2, 0.25) is 5.02 Å². The fraction of sp³-hybridized carbons (Fsp3) is 0.154. The van der Waals surface area contributed by atoms with Crippen LogP contribution in [0, 0.1) is 13.8 Å². The predicted octanol–water partition coefficient (Wildman–Crippen LogP) is 5.82. The van der Waals surface area contributed by atoms with E-state index >= 15 is 0 Å². The van der Waals surface area contributed by atoms with Crippen molar-refractivity contribution in [1.82, 2.24) is 0 Å². The Labute approximate surface area is 189 Å². The Morgan fingerprint density at radius 1 is 0.938 bits per heavy atom. The number of amides is 1. The molecule has 3 aromatic carbocycles. The summed E-state index contributed by atoms with van der Waals surface area (Å²) in [6.45, 7) is 3.90. The largest absolute Gasteiger partial charge is 0.497 e. The summed E-state index contributed by atoms with van der Waals surface area (Å²) in [4.78, 5) is 28.9. The minimum Gasteiger partial charge on any atom is -0.497 e. The fourth-order valence-corrected chi connectivity index (χ4v) is 4.32. The van der Waals surface area contributed by atoms with E-state index in [-0.39, 0.29) is 17.1 Å². The lowest BCUT2D eigenvalue weighted by Gasteiger charge is -2.25. The third kappa shape index (κ3) is 3.09. The standard InChI is InChI=1S/C26H20ClNO4/c1-14-12-20-21(13-15(14)2)32-25-22(24(20)29)23(16-4-6-17(27)7-5-16)28(26(25)30)18-8-10-19(31-3)11-9-18/h4-13,23H,1-3H3/t23-/m0/s1. The summed E-state index contributed by atoms with van der Waals surface area (Å²) < 4.78 is 11.3. The molecule has 0 fully saturated rings. The first-order valence-corrected chi connectivity index (χ1v) is 10.6. The maximum atomic E-state index is 13.7. The number of benzene rings is 3. The maximum Gasteiger partial charge on any atom is 0.295 e. The number of hydrogen-bond donors (Lipinski definition) is 0. The van der Waals surface area contributed by atoms with E-state index in [1.807, 2.05) is 38.1 Å². The molecule has 0 radical (unpaired) electrons. The van der Waals surface area contributed by atoms with Gasteiger partial charge in [-0.3, -0.25) is 14.5 Å². The van der Waals surface area contributed by atoms with E-state index in [1.165, 1.54) is 0 Å². The Morgan fingerprint density at radius 3 is 2.25 bits per heavy atom. The molecule has 1 amide bonds. The van der Waals surface area contributed by atoms with E-state index in [9.17, 15) is 9.59 Å². The molecule has 32 heavy (non-hydrogen) atoms. The lowest BCUT2D eigenvalue weighted by molar-refractivity contribution is 0.0971. The van der Waals surface area contributed by atoms with Gasteiger partial charge in [-0.05, 0) is 79.1 Å². The van der Waals surface area contributed by atoms with Crippen molar-refractivity contribution in [2.45, 2.75) is 19.9 Å². The molecule has 0 unspecified atom stereocenters. The molecule has 0 bridgehead atoms. The number of ether oxygens (including phenoxy) is 1. The molecular weight excluding hydrogens is 426 g/mol. The Kier molecular flexibility index (Phi) is 4.79. The van der Waals surface area contributed by atoms with E-state index in [1.54, 1.807) is 48.4 Å². The molecule has 1 aromatic heterocycles. The molecule has 0 N–H and O–H groups in total. The van der Waals surface area contributed by atoms with Gasteiger partial charge in [0, 0.05) is 10.7 Å². The summed E-state index contributed by atoms with van der Waals surface area (Å²) >= 11 is 6.10. The summed E-state index contributed by atoms with van der Waals surface area (Å²) in [6, 6.07) is 17.3. The second-order valence-electron chi connectivity index (χ2n) is 7.93. The van der Waals surface area contributed by atoms with Gasteiger partial charge < -0.3 is 9.15 Å². The highest BCUT2D eigenvalue weighted by molar-refractivity contribution is 6.30. The second-order valence-corrected chi connectivity index (χ2v) is 8.37. The number of fused-ring (bicyclic) bond motifs is 2. The third-order valence-electron chi connectivity index (χ3n) is 6.02. The smallest absolute Gasteiger partial charge is 0.295 e. The van der Waals surface area contributed by atoms with Crippen molar-refractivity contribution in [1.29, 1.82) is 0 Å². The van der Waals surface area contributed by atoms with Gasteiger partial charge in [-0.1, -0.05) is 23.7 Å². The van der Waals surface area contributed by atoms with E-state index in [4.69, 9.17) is 20.8 Å². The molecule has 1 aliphatic rings. The topological polar surface area (TPSA) is 59.8 Å². The van der Waals surface area contributed by atoms with Crippen molar-refractivity contribution >= 4 is 34.2 Å². The van der Waals surface area contributed by atoms with Crippen LogP contribution in [0.3, 0.4) is 0 Å². The highest BCUT2D eigenvalue weighted by Crippen LogP contribution is 2.42. The number of rotatable bonds is 3. The van der Waals surface area contributed by atoms with Crippen molar-refractivity contribution in [3.63, 3.8) is 0 Å². The van der Waals surface area contributed by atoms with Gasteiger partial charge in [0.2, 0.25) is 5.76 Å². The predicted molar refractivity (Wildman–Crippen MR) is 125 cm³/mol. The molecule has 2 heterocycles. The van der Waals surface area contributed by atoms with E-state index in [0.29, 0.717) is 33.0 Å². The van der Waals surface area contributed by atoms with Crippen molar-refractivity contribution in [2.75, 3.05) is 12.0 Å². The van der Waals surface area contributed by atoms with Crippen molar-refractivity contribution in [3.8, 4) is 5.75 Å². The summed E-state index contributed by atoms with van der Waals surface area (Å²) in [7, 11) is 1.58. The first-order valence-electron chi connectivity index (χ1n) is 10.2. The second kappa shape index (κ2) is 7.53. The summed E-state index contributed by atoms with van der Waals surface area (Å²) in [5.74, 6) is 0.385. The van der Waals surface area contributed by atoms with E-state index in [2.05, 4.69) is 0 Å². The molecule has 6 heteroatoms. The summed E-state index contributed by atoms with van der Waals surface area (Å²) in [5, 5.41) is 1.04. The zero-order valence-electron chi connectivity index (χ0n) is 17.8. The molecule has 0 saturated heterocycles. The molecule has 160 valence electrons. The molecule has 1 aliphatic heterocycles. The van der Waals surface area contributed by atoms with Crippen LogP contribution in [-0.2, 0) is 0 Å². The normalized spacial score (nSPS) is 15.3. The van der Waals surface area contributed by atoms with Crippen LogP contribution in [0.15, 0.2) is 69.9 Å². The summed E-state index contributed by atoms with van der Waals surface area (Å²) in [5.41, 5.74) is 3.94. The lowest BCUT2D eigenvalue weighted by atomic mass is 9.97. The monoisotopic (exact) mass is 445 g/mol. The Balaban J connectivity index is 1.79. The molecule has 5 nitrogen and oxygen atoms in total. The minimum atomic E-state index is -0.634. The molecule has 0 saturated carbocycles. The molecule has 5 rings (SSSR count). The van der Waals surface area contributed by atoms with Gasteiger partial charge in [0.25, 0.3) is 5.91 Å². The van der Waals surface area contributed by atoms with E-state index in [0.717, 1.165) is 16.7 Å². The molecule has 0 aliphatic carbocycles. The highest BCUT2D eigenvalue weighted by Gasteiger charge is 2.43. The Bertz CT molecular complexity index is 1420. The number of carbonyl (C=O) groups excluding carboxylic acids is 1. The van der Waals surface area contributed by atoms with Crippen LogP contribution in [0.25, 0.3) is 11.0 Å². The van der Waals surface area contributed by atoms with Gasteiger partial charge in [-0.25, -0.2) is 0 Å². The van der Waals surface area contributed by atoms with Gasteiger partial charge in [0.15, 0.2) is 5.43 Å². The fourth-order valence-electron chi connectivity index (χ4n) is 4.20. The van der Waals surface area contributed by atoms with Crippen LogP contribution < -0.4 is 15.1 Å². The zero-order valence-corrected chi connectivity index (χ0v) is 18.6. The van der Waals surface area contributed by atoms with Crippen LogP contribution in [0.1, 0.15) is 38.9 Å². The zero-order chi connectivity index (χ0) is 22.6. The SMILES string of the molecule is COc1ccc(N2C(=O)c3oc4cc(C)c(C)cc4c(=O)c3[C@@H]2c2ccc(Cl)cc2)cc1. The number of methoxy groups -OCH3 is 1. The Morgan fingerprint density at radius 2 is 1.59 bits per heavy atom. The highest BCUT2D eigenvalue weighted by atomic mass is 35.5. The number of halogens is 1. The first kappa shape index (κ1) is 20.3. The van der Waals surface area contributed by atoms with Gasteiger partial charge in [-0.15, -0.1) is 0 Å². The van der Waals surface area contributed by atoms with Crippen LogP contribution in [0.4, 0.5) is 5.69 Å². The van der Waals surface area contributed by atoms with Crippen molar-refractivity contribution in [3.05, 3.63) is 104 Å². The average Bonchev–Trinajstić information content (AvgIpc) is 3.08. The molecule has 1 atom stereocenters. The number of anilines is 1. The minimum absolute atomic E-state index is 0.0709. The number of nitrogens with zero attached hydrogens (tertiary/aromatic N) is 1. The molecular formula is C26H20ClNO4. The first-order chi connectivity index (χ1) is 15.4. The summed E-state index contributed by atoms with van der Waals surface area (Å²) in [6.07, 6.45) is 0. The number of carbonyl (C=O) groups is 1. The molecule has 4 aromatic rings. The average molecular weight is 446 g/mol. The van der Waals surface area contributed by atoms with Gasteiger partial charge >= 0.3 is 0 Å².